The van der Waals surface area contributed by atoms with Gasteiger partial charge in [0.2, 0.25) is 5.71 Å². The summed E-state index contributed by atoms with van der Waals surface area (Å²) in [6.07, 6.45) is 5.88. The Morgan fingerprint density at radius 1 is 0.810 bits per heavy atom. The zero-order chi connectivity index (χ0) is 30.3. The molecule has 2 aliphatic carbocycles. The maximum atomic E-state index is 14.2. The highest BCUT2D eigenvalue weighted by molar-refractivity contribution is 6.15. The molecule has 2 atom stereocenters. The molecule has 0 aromatic heterocycles. The van der Waals surface area contributed by atoms with E-state index in [2.05, 4.69) is 64.9 Å². The molecule has 224 valence electrons. The lowest BCUT2D eigenvalue weighted by Crippen LogP contribution is -2.49. The van der Waals surface area contributed by atoms with Crippen molar-refractivity contribution in [2.75, 3.05) is 31.1 Å². The molecule has 6 heteroatoms. The Hall–Kier alpha value is -3.02. The predicted molar refractivity (Wildman–Crippen MR) is 166 cm³/mol. The van der Waals surface area contributed by atoms with Crippen molar-refractivity contribution in [1.29, 1.82) is 0 Å². The van der Waals surface area contributed by atoms with Crippen LogP contribution < -0.4 is 4.90 Å². The lowest BCUT2D eigenvalue weighted by atomic mass is 9.60. The number of benzene rings is 1. The first-order chi connectivity index (χ1) is 19.5. The number of allylic oxidation sites excluding steroid dienone is 4. The summed E-state index contributed by atoms with van der Waals surface area (Å²) in [4.78, 5) is 16.6. The Morgan fingerprint density at radius 2 is 1.43 bits per heavy atom. The molecule has 6 nitrogen and oxygen atoms in total. The van der Waals surface area contributed by atoms with Crippen molar-refractivity contribution in [3.05, 3.63) is 57.1 Å². The molecule has 1 aromatic rings. The summed E-state index contributed by atoms with van der Waals surface area (Å²) in [6, 6.07) is 1.99. The number of carbonyl (C=O) groups excluding carboxylic acids is 1. The van der Waals surface area contributed by atoms with Gasteiger partial charge in [-0.3, -0.25) is 4.79 Å². The second kappa shape index (κ2) is 8.33. The second-order valence-corrected chi connectivity index (χ2v) is 16.4. The highest BCUT2D eigenvalue weighted by Crippen LogP contribution is 2.58. The molecule has 0 fully saturated rings. The van der Waals surface area contributed by atoms with Gasteiger partial charge in [-0.2, -0.15) is 0 Å². The Kier molecular flexibility index (Phi) is 5.51. The van der Waals surface area contributed by atoms with E-state index in [1.165, 1.54) is 5.57 Å². The van der Waals surface area contributed by atoms with Crippen molar-refractivity contribution in [1.82, 2.24) is 0 Å². The van der Waals surface area contributed by atoms with E-state index in [0.717, 1.165) is 80.0 Å². The van der Waals surface area contributed by atoms with Crippen LogP contribution in [0.1, 0.15) is 104 Å². The van der Waals surface area contributed by atoms with Crippen molar-refractivity contribution in [2.45, 2.75) is 97.8 Å². The monoisotopic (exact) mass is 571 g/mol. The molecule has 0 spiro atoms. The van der Waals surface area contributed by atoms with E-state index < -0.39 is 11.8 Å². The van der Waals surface area contributed by atoms with Gasteiger partial charge in [0, 0.05) is 64.7 Å². The van der Waals surface area contributed by atoms with Crippen molar-refractivity contribution in [3.63, 3.8) is 0 Å². The van der Waals surface area contributed by atoms with Crippen LogP contribution in [0.4, 0.5) is 5.69 Å². The number of carbonyl (C=O) groups is 1. The third kappa shape index (κ3) is 3.50. The van der Waals surface area contributed by atoms with Crippen LogP contribution in [0.5, 0.6) is 5.75 Å². The van der Waals surface area contributed by atoms with E-state index in [0.29, 0.717) is 5.56 Å². The fraction of sp³-hybridized carbons (Fsp3) is 0.611. The molecule has 1 aromatic carbocycles. The molecule has 3 N–H and O–H groups in total. The molecule has 2 unspecified atom stereocenters. The van der Waals surface area contributed by atoms with E-state index in [-0.39, 0.29) is 50.3 Å². The van der Waals surface area contributed by atoms with Crippen LogP contribution in [0.2, 0.25) is 0 Å². The molecule has 42 heavy (non-hydrogen) atoms. The molecule has 0 saturated heterocycles. The van der Waals surface area contributed by atoms with Gasteiger partial charge in [-0.25, -0.2) is 4.58 Å². The molecule has 0 bridgehead atoms. The SMILES string of the molecule is CC1(C)CC[N+]2=C3C1=CC(C1=C(O)C(c4cc5c6c(c4O)C(C)(C)CCN6CCC5(C)C)C1=O)C(O)=C3C(C)(C)CC2. The molecule has 6 aliphatic rings. The third-order valence-corrected chi connectivity index (χ3v) is 11.8. The number of hydrogen-bond donors (Lipinski definition) is 3. The Bertz CT molecular complexity index is 1590. The lowest BCUT2D eigenvalue weighted by molar-refractivity contribution is -0.539. The Morgan fingerprint density at radius 3 is 2.07 bits per heavy atom. The highest BCUT2D eigenvalue weighted by Gasteiger charge is 2.55. The number of aliphatic hydroxyl groups is 2. The number of hydrogen-bond acceptors (Lipinski definition) is 5. The van der Waals surface area contributed by atoms with Gasteiger partial charge in [0.25, 0.3) is 0 Å². The van der Waals surface area contributed by atoms with Gasteiger partial charge in [-0.05, 0) is 35.3 Å². The van der Waals surface area contributed by atoms with Gasteiger partial charge >= 0.3 is 0 Å². The van der Waals surface area contributed by atoms with Crippen LogP contribution in [0, 0.1) is 16.7 Å². The van der Waals surface area contributed by atoms with Crippen LogP contribution in [0.3, 0.4) is 0 Å². The minimum Gasteiger partial charge on any atom is -0.511 e. The average Bonchev–Trinajstić information content (AvgIpc) is 2.88. The molecule has 0 saturated carbocycles. The number of phenolic OH excluding ortho intramolecular Hbond substituents is 1. The predicted octanol–water partition coefficient (Wildman–Crippen LogP) is 6.72. The van der Waals surface area contributed by atoms with Crippen molar-refractivity contribution >= 4 is 17.2 Å². The zero-order valence-corrected chi connectivity index (χ0v) is 26.6. The van der Waals surface area contributed by atoms with Gasteiger partial charge in [-0.1, -0.05) is 61.5 Å². The van der Waals surface area contributed by atoms with Crippen LogP contribution in [0.25, 0.3) is 0 Å². The van der Waals surface area contributed by atoms with Crippen LogP contribution in [0.15, 0.2) is 40.4 Å². The summed E-state index contributed by atoms with van der Waals surface area (Å²) < 4.78 is 2.40. The van der Waals surface area contributed by atoms with Gasteiger partial charge in [0.15, 0.2) is 5.78 Å². The maximum Gasteiger partial charge on any atom is 0.210 e. The maximum absolute atomic E-state index is 14.2. The smallest absolute Gasteiger partial charge is 0.210 e. The van der Waals surface area contributed by atoms with E-state index in [1.807, 2.05) is 12.1 Å². The quantitative estimate of drug-likeness (QED) is 0.343. The molecule has 4 aliphatic heterocycles. The summed E-state index contributed by atoms with van der Waals surface area (Å²) in [7, 11) is 0. The Balaban J connectivity index is 1.40. The van der Waals surface area contributed by atoms with Crippen LogP contribution >= 0.6 is 0 Å². The molecule has 7 rings (SSSR count). The number of anilines is 1. The highest BCUT2D eigenvalue weighted by atomic mass is 16.3. The third-order valence-electron chi connectivity index (χ3n) is 11.8. The first kappa shape index (κ1) is 27.8. The van der Waals surface area contributed by atoms with Crippen LogP contribution in [-0.2, 0) is 15.6 Å². The minimum atomic E-state index is -0.915. The first-order valence-corrected chi connectivity index (χ1v) is 15.9. The van der Waals surface area contributed by atoms with Crippen LogP contribution in [-0.4, -0.2) is 57.6 Å². The summed E-state index contributed by atoms with van der Waals surface area (Å²) in [5.74, 6) is -1.48. The van der Waals surface area contributed by atoms with E-state index in [9.17, 15) is 20.1 Å². The summed E-state index contributed by atoms with van der Waals surface area (Å²) in [6.45, 7) is 21.5. The molecule has 0 radical (unpaired) electrons. The fourth-order valence-electron chi connectivity index (χ4n) is 8.82. The van der Waals surface area contributed by atoms with Gasteiger partial charge in [0.1, 0.15) is 36.3 Å². The topological polar surface area (TPSA) is 84.0 Å². The fourth-order valence-corrected chi connectivity index (χ4v) is 8.82. The van der Waals surface area contributed by atoms with Gasteiger partial charge < -0.3 is 20.2 Å². The number of ketones is 1. The average molecular weight is 572 g/mol. The number of nitrogens with zero attached hydrogens (tertiary/aromatic N) is 2. The first-order valence-electron chi connectivity index (χ1n) is 15.9. The molecular formula is C36H47N2O4+. The van der Waals surface area contributed by atoms with E-state index in [1.54, 1.807) is 0 Å². The lowest BCUT2D eigenvalue weighted by Gasteiger charge is -2.49. The number of rotatable bonds is 2. The van der Waals surface area contributed by atoms with Crippen molar-refractivity contribution < 1.29 is 24.7 Å². The number of aromatic hydroxyl groups is 1. The largest absolute Gasteiger partial charge is 0.511 e. The number of Topliss-reactive ketones (excluding diaryl/α,β-unsaturated/α-hetero) is 1. The van der Waals surface area contributed by atoms with Crippen molar-refractivity contribution in [2.24, 2.45) is 16.7 Å². The molecule has 4 heterocycles. The van der Waals surface area contributed by atoms with Crippen molar-refractivity contribution in [3.8, 4) is 5.75 Å². The Labute approximate surface area is 250 Å². The number of aliphatic hydroxyl groups excluding tert-OH is 2. The minimum absolute atomic E-state index is 0.0157. The van der Waals surface area contributed by atoms with Gasteiger partial charge in [-0.15, -0.1) is 0 Å². The summed E-state index contributed by atoms with van der Waals surface area (Å²) in [5.41, 5.74) is 6.45. The van der Waals surface area contributed by atoms with E-state index in [4.69, 9.17) is 0 Å². The zero-order valence-electron chi connectivity index (χ0n) is 26.6. The van der Waals surface area contributed by atoms with E-state index >= 15 is 0 Å². The second-order valence-electron chi connectivity index (χ2n) is 16.4. The van der Waals surface area contributed by atoms with Gasteiger partial charge in [0.05, 0.1) is 11.5 Å². The summed E-state index contributed by atoms with van der Waals surface area (Å²) in [5, 5.41) is 35.4. The molecular weight excluding hydrogens is 524 g/mol. The molecule has 0 amide bonds. The number of phenols is 1. The standard InChI is InChI=1S/C36H46N2O4/c1-33(2)9-13-37-15-11-35(5,6)25-27(37)21(33)17-19(29(25)39)23-31(41)24(32(23)42)20-18-22-28-26(30(20)40)36(7,8)12-16-38(28)14-10-34(22,3)4/h17-19,24H,9-16H2,1-8H3,(H2,40,41,42)/p+1. The normalized spacial score (nSPS) is 30.0. The summed E-state index contributed by atoms with van der Waals surface area (Å²) >= 11 is 0.